The molecular formula is C25H27NO3. The van der Waals surface area contributed by atoms with Gasteiger partial charge in [0.25, 0.3) is 5.91 Å². The van der Waals surface area contributed by atoms with Crippen LogP contribution in [0.3, 0.4) is 0 Å². The standard InChI is InChI=1S/C25H27NO3/c1-4-28-24-13-12-21(25(27)26-16-20-10-8-18(2)9-11-20)15-22(24)17-29-23-7-5-6-19(3)14-23/h5-15H,4,16-17H2,1-3H3,(H,26,27). The van der Waals surface area contributed by atoms with Gasteiger partial charge in [-0.2, -0.15) is 0 Å². The monoisotopic (exact) mass is 389 g/mol. The zero-order valence-corrected chi connectivity index (χ0v) is 17.2. The predicted octanol–water partition coefficient (Wildman–Crippen LogP) is 5.21. The van der Waals surface area contributed by atoms with Crippen molar-refractivity contribution in [3.8, 4) is 11.5 Å². The molecule has 0 aliphatic carbocycles. The Morgan fingerprint density at radius 1 is 0.897 bits per heavy atom. The fraction of sp³-hybridized carbons (Fsp3) is 0.240. The van der Waals surface area contributed by atoms with E-state index in [0.717, 1.165) is 28.2 Å². The van der Waals surface area contributed by atoms with Crippen LogP contribution in [-0.2, 0) is 13.2 Å². The highest BCUT2D eigenvalue weighted by Crippen LogP contribution is 2.23. The molecule has 0 saturated carbocycles. The van der Waals surface area contributed by atoms with Crippen LogP contribution < -0.4 is 14.8 Å². The van der Waals surface area contributed by atoms with Gasteiger partial charge in [0.05, 0.1) is 6.61 Å². The molecule has 0 atom stereocenters. The van der Waals surface area contributed by atoms with Crippen LogP contribution in [0.25, 0.3) is 0 Å². The van der Waals surface area contributed by atoms with Crippen molar-refractivity contribution < 1.29 is 14.3 Å². The largest absolute Gasteiger partial charge is 0.493 e. The van der Waals surface area contributed by atoms with Crippen LogP contribution in [0.1, 0.15) is 39.5 Å². The fourth-order valence-corrected chi connectivity index (χ4v) is 2.99. The first-order chi connectivity index (χ1) is 14.0. The fourth-order valence-electron chi connectivity index (χ4n) is 2.99. The molecular weight excluding hydrogens is 362 g/mol. The molecule has 0 bridgehead atoms. The van der Waals surface area contributed by atoms with Crippen molar-refractivity contribution >= 4 is 5.91 Å². The Kier molecular flexibility index (Phi) is 6.90. The van der Waals surface area contributed by atoms with E-state index in [2.05, 4.69) is 5.32 Å². The minimum absolute atomic E-state index is 0.120. The third-order valence-electron chi connectivity index (χ3n) is 4.58. The quantitative estimate of drug-likeness (QED) is 0.575. The summed E-state index contributed by atoms with van der Waals surface area (Å²) in [7, 11) is 0. The molecule has 0 unspecified atom stereocenters. The summed E-state index contributed by atoms with van der Waals surface area (Å²) in [5.74, 6) is 1.40. The second kappa shape index (κ2) is 9.78. The Labute approximate surface area is 172 Å². The average Bonchev–Trinajstić information content (AvgIpc) is 2.72. The molecule has 3 rings (SSSR count). The van der Waals surface area contributed by atoms with E-state index in [1.54, 1.807) is 6.07 Å². The third kappa shape index (κ3) is 5.85. The molecule has 0 aromatic heterocycles. The minimum Gasteiger partial charge on any atom is -0.493 e. The van der Waals surface area contributed by atoms with E-state index in [9.17, 15) is 4.79 Å². The Balaban J connectivity index is 1.70. The highest BCUT2D eigenvalue weighted by Gasteiger charge is 2.11. The molecule has 0 spiro atoms. The summed E-state index contributed by atoms with van der Waals surface area (Å²) in [5.41, 5.74) is 4.83. The smallest absolute Gasteiger partial charge is 0.251 e. The molecule has 4 nitrogen and oxygen atoms in total. The minimum atomic E-state index is -0.120. The Bertz CT molecular complexity index is 964. The highest BCUT2D eigenvalue weighted by atomic mass is 16.5. The molecule has 0 saturated heterocycles. The van der Waals surface area contributed by atoms with Crippen molar-refractivity contribution in [2.24, 2.45) is 0 Å². The number of hydrogen-bond donors (Lipinski definition) is 1. The first kappa shape index (κ1) is 20.5. The lowest BCUT2D eigenvalue weighted by Crippen LogP contribution is -2.23. The van der Waals surface area contributed by atoms with Crippen LogP contribution in [0.4, 0.5) is 0 Å². The number of carbonyl (C=O) groups is 1. The van der Waals surface area contributed by atoms with Crippen LogP contribution in [0, 0.1) is 13.8 Å². The number of ether oxygens (including phenoxy) is 2. The van der Waals surface area contributed by atoms with Crippen molar-refractivity contribution in [3.63, 3.8) is 0 Å². The van der Waals surface area contributed by atoms with Gasteiger partial charge in [-0.05, 0) is 62.2 Å². The number of benzene rings is 3. The number of aryl methyl sites for hydroxylation is 2. The molecule has 3 aromatic rings. The molecule has 0 aliphatic heterocycles. The van der Waals surface area contributed by atoms with Crippen molar-refractivity contribution in [1.82, 2.24) is 5.32 Å². The summed E-state index contributed by atoms with van der Waals surface area (Å²) in [6.45, 7) is 7.38. The van der Waals surface area contributed by atoms with E-state index >= 15 is 0 Å². The van der Waals surface area contributed by atoms with E-state index in [1.807, 2.05) is 81.4 Å². The maximum absolute atomic E-state index is 12.6. The molecule has 1 amide bonds. The first-order valence-electron chi connectivity index (χ1n) is 9.84. The van der Waals surface area contributed by atoms with Crippen molar-refractivity contribution in [3.05, 3.63) is 94.5 Å². The molecule has 3 aromatic carbocycles. The van der Waals surface area contributed by atoms with Gasteiger partial charge in [0.1, 0.15) is 18.1 Å². The van der Waals surface area contributed by atoms with Crippen LogP contribution >= 0.6 is 0 Å². The van der Waals surface area contributed by atoms with Crippen LogP contribution in [0.15, 0.2) is 66.7 Å². The zero-order chi connectivity index (χ0) is 20.6. The summed E-state index contributed by atoms with van der Waals surface area (Å²) in [5, 5.41) is 2.97. The van der Waals surface area contributed by atoms with Gasteiger partial charge in [0.2, 0.25) is 0 Å². The zero-order valence-electron chi connectivity index (χ0n) is 17.2. The third-order valence-corrected chi connectivity index (χ3v) is 4.58. The Morgan fingerprint density at radius 3 is 2.41 bits per heavy atom. The second-order valence-electron chi connectivity index (χ2n) is 7.03. The van der Waals surface area contributed by atoms with E-state index in [0.29, 0.717) is 25.3 Å². The van der Waals surface area contributed by atoms with Crippen molar-refractivity contribution in [2.45, 2.75) is 33.9 Å². The van der Waals surface area contributed by atoms with Crippen LogP contribution in [0.5, 0.6) is 11.5 Å². The summed E-state index contributed by atoms with van der Waals surface area (Å²) in [6, 6.07) is 21.5. The second-order valence-corrected chi connectivity index (χ2v) is 7.03. The molecule has 1 N–H and O–H groups in total. The molecule has 0 aliphatic rings. The van der Waals surface area contributed by atoms with E-state index in [4.69, 9.17) is 9.47 Å². The van der Waals surface area contributed by atoms with Gasteiger partial charge >= 0.3 is 0 Å². The first-order valence-corrected chi connectivity index (χ1v) is 9.84. The number of amides is 1. The van der Waals surface area contributed by atoms with Gasteiger partial charge in [0.15, 0.2) is 0 Å². The molecule has 0 heterocycles. The predicted molar refractivity (Wildman–Crippen MR) is 115 cm³/mol. The lowest BCUT2D eigenvalue weighted by molar-refractivity contribution is 0.0950. The molecule has 0 radical (unpaired) electrons. The molecule has 4 heteroatoms. The molecule has 0 fully saturated rings. The lowest BCUT2D eigenvalue weighted by Gasteiger charge is -2.14. The summed E-state index contributed by atoms with van der Waals surface area (Å²) in [4.78, 5) is 12.6. The van der Waals surface area contributed by atoms with Gasteiger partial charge in [-0.3, -0.25) is 4.79 Å². The maximum Gasteiger partial charge on any atom is 0.251 e. The number of rotatable bonds is 8. The summed E-state index contributed by atoms with van der Waals surface area (Å²) < 4.78 is 11.6. The van der Waals surface area contributed by atoms with Gasteiger partial charge < -0.3 is 14.8 Å². The van der Waals surface area contributed by atoms with E-state index in [1.165, 1.54) is 5.56 Å². The number of carbonyl (C=O) groups excluding carboxylic acids is 1. The molecule has 150 valence electrons. The van der Waals surface area contributed by atoms with Gasteiger partial charge in [-0.15, -0.1) is 0 Å². The molecule has 29 heavy (non-hydrogen) atoms. The normalized spacial score (nSPS) is 10.4. The van der Waals surface area contributed by atoms with E-state index < -0.39 is 0 Å². The van der Waals surface area contributed by atoms with Crippen LogP contribution in [-0.4, -0.2) is 12.5 Å². The van der Waals surface area contributed by atoms with Gasteiger partial charge in [0, 0.05) is 17.7 Å². The van der Waals surface area contributed by atoms with Gasteiger partial charge in [-0.25, -0.2) is 0 Å². The SMILES string of the molecule is CCOc1ccc(C(=O)NCc2ccc(C)cc2)cc1COc1cccc(C)c1. The summed E-state index contributed by atoms with van der Waals surface area (Å²) in [6.07, 6.45) is 0. The number of hydrogen-bond acceptors (Lipinski definition) is 3. The lowest BCUT2D eigenvalue weighted by atomic mass is 10.1. The maximum atomic E-state index is 12.6. The Morgan fingerprint density at radius 2 is 1.69 bits per heavy atom. The van der Waals surface area contributed by atoms with Crippen molar-refractivity contribution in [1.29, 1.82) is 0 Å². The number of nitrogens with one attached hydrogen (secondary N) is 1. The Hall–Kier alpha value is -3.27. The topological polar surface area (TPSA) is 47.6 Å². The van der Waals surface area contributed by atoms with Gasteiger partial charge in [-0.1, -0.05) is 42.0 Å². The highest BCUT2D eigenvalue weighted by molar-refractivity contribution is 5.94. The summed E-state index contributed by atoms with van der Waals surface area (Å²) >= 11 is 0. The van der Waals surface area contributed by atoms with Crippen LogP contribution in [0.2, 0.25) is 0 Å². The average molecular weight is 389 g/mol. The van der Waals surface area contributed by atoms with Crippen molar-refractivity contribution in [2.75, 3.05) is 6.61 Å². The van der Waals surface area contributed by atoms with E-state index in [-0.39, 0.29) is 5.91 Å².